The number of fused-ring (bicyclic) bond motifs is 1. The molecule has 0 saturated carbocycles. The quantitative estimate of drug-likeness (QED) is 0.634. The molecule has 3 rings (SSSR count). The highest BCUT2D eigenvalue weighted by atomic mass is 32.2. The van der Waals surface area contributed by atoms with Crippen LogP contribution in [0.3, 0.4) is 0 Å². The fraction of sp³-hybridized carbons (Fsp3) is 0.250. The van der Waals surface area contributed by atoms with Crippen LogP contribution in [0.4, 0.5) is 8.78 Å². The molecular formula is C16H14F2N3O4S-. The Hall–Kier alpha value is -2.43. The lowest BCUT2D eigenvalue weighted by atomic mass is 9.99. The van der Waals surface area contributed by atoms with Gasteiger partial charge in [0.15, 0.2) is 0 Å². The Kier molecular flexibility index (Phi) is 5.25. The zero-order valence-electron chi connectivity index (χ0n) is 13.5. The predicted molar refractivity (Wildman–Crippen MR) is 89.4 cm³/mol. The van der Waals surface area contributed by atoms with E-state index in [1.165, 1.54) is 6.20 Å². The first-order valence-electron chi connectivity index (χ1n) is 7.50. The third kappa shape index (κ3) is 3.43. The monoisotopic (exact) mass is 382 g/mol. The summed E-state index contributed by atoms with van der Waals surface area (Å²) in [5.41, 5.74) is 2.48. The summed E-state index contributed by atoms with van der Waals surface area (Å²) in [5, 5.41) is 14.9. The van der Waals surface area contributed by atoms with E-state index in [0.29, 0.717) is 33.3 Å². The minimum absolute atomic E-state index is 0.270. The van der Waals surface area contributed by atoms with E-state index in [1.54, 1.807) is 31.2 Å². The molecule has 0 bridgehead atoms. The topological polar surface area (TPSA) is 111 Å². The van der Waals surface area contributed by atoms with Crippen LogP contribution in [0, 0.1) is 6.92 Å². The molecule has 0 aliphatic rings. The molecule has 0 aliphatic carbocycles. The van der Waals surface area contributed by atoms with Crippen LogP contribution in [0.15, 0.2) is 30.5 Å². The lowest BCUT2D eigenvalue weighted by molar-refractivity contribution is -0.0518. The van der Waals surface area contributed by atoms with E-state index < -0.39 is 29.5 Å². The number of hydrogen-bond donors (Lipinski definition) is 2. The number of H-pyrrole nitrogens is 1. The molecule has 3 aromatic rings. The Balaban J connectivity index is 2.11. The van der Waals surface area contributed by atoms with Crippen molar-refractivity contribution in [2.45, 2.75) is 18.8 Å². The second kappa shape index (κ2) is 7.44. The summed E-state index contributed by atoms with van der Waals surface area (Å²) in [6, 6.07) is 6.42. The zero-order valence-corrected chi connectivity index (χ0v) is 14.3. The van der Waals surface area contributed by atoms with Gasteiger partial charge in [-0.15, -0.1) is 5.10 Å². The van der Waals surface area contributed by atoms with E-state index in [4.69, 9.17) is 0 Å². The first-order chi connectivity index (χ1) is 12.4. The van der Waals surface area contributed by atoms with Crippen LogP contribution >= 0.6 is 0 Å². The summed E-state index contributed by atoms with van der Waals surface area (Å²) in [7, 11) is 0. The van der Waals surface area contributed by atoms with Gasteiger partial charge >= 0.3 is 6.61 Å². The molecule has 2 heterocycles. The van der Waals surface area contributed by atoms with Crippen molar-refractivity contribution < 1.29 is 27.4 Å². The third-order valence-corrected chi connectivity index (χ3v) is 4.80. The number of aromatic nitrogens is 3. The number of halogens is 2. The average Bonchev–Trinajstić information content (AvgIpc) is 2.99. The Bertz CT molecular complexity index is 964. The summed E-state index contributed by atoms with van der Waals surface area (Å²) in [4.78, 5) is 4.23. The number of benzene rings is 1. The van der Waals surface area contributed by atoms with Gasteiger partial charge in [-0.25, -0.2) is 0 Å². The lowest BCUT2D eigenvalue weighted by Crippen LogP contribution is -2.11. The fourth-order valence-corrected chi connectivity index (χ4v) is 3.37. The summed E-state index contributed by atoms with van der Waals surface area (Å²) < 4.78 is 52.2. The Morgan fingerprint density at radius 2 is 2.15 bits per heavy atom. The SMILES string of the molecule is Cc1cc(-c2nccc3[nH]nc(OC(F)F)c23)ccc1C(CO)S(=O)[O-]. The second-order valence-electron chi connectivity index (χ2n) is 5.49. The number of nitrogens with zero attached hydrogens (tertiary/aromatic N) is 2. The number of aliphatic hydroxyl groups is 1. The fourth-order valence-electron chi connectivity index (χ4n) is 2.77. The highest BCUT2D eigenvalue weighted by Gasteiger charge is 2.19. The summed E-state index contributed by atoms with van der Waals surface area (Å²) in [6.45, 7) is -1.88. The largest absolute Gasteiger partial charge is 0.772 e. The number of alkyl halides is 2. The molecule has 2 N–H and O–H groups in total. The van der Waals surface area contributed by atoms with Crippen molar-refractivity contribution in [3.8, 4) is 17.1 Å². The van der Waals surface area contributed by atoms with Crippen molar-refractivity contribution >= 4 is 22.0 Å². The van der Waals surface area contributed by atoms with Crippen LogP contribution in [0.2, 0.25) is 0 Å². The summed E-state index contributed by atoms with van der Waals surface area (Å²) in [6.07, 6.45) is 1.49. The van der Waals surface area contributed by atoms with Gasteiger partial charge in [-0.1, -0.05) is 12.1 Å². The molecule has 2 unspecified atom stereocenters. The highest BCUT2D eigenvalue weighted by Crippen LogP contribution is 2.34. The van der Waals surface area contributed by atoms with Gasteiger partial charge in [-0.2, -0.15) is 8.78 Å². The van der Waals surface area contributed by atoms with Crippen LogP contribution in [0.1, 0.15) is 16.4 Å². The number of rotatable bonds is 6. The zero-order chi connectivity index (χ0) is 18.8. The maximum atomic E-state index is 12.6. The van der Waals surface area contributed by atoms with Crippen LogP contribution in [0.25, 0.3) is 22.2 Å². The molecule has 0 radical (unpaired) electrons. The number of aromatic amines is 1. The van der Waals surface area contributed by atoms with Crippen LogP contribution < -0.4 is 4.74 Å². The van der Waals surface area contributed by atoms with E-state index in [1.807, 2.05) is 0 Å². The molecule has 10 heteroatoms. The molecule has 0 spiro atoms. The molecule has 7 nitrogen and oxygen atoms in total. The first kappa shape index (κ1) is 18.4. The smallest absolute Gasteiger partial charge is 0.388 e. The van der Waals surface area contributed by atoms with Crippen molar-refractivity contribution in [1.29, 1.82) is 0 Å². The van der Waals surface area contributed by atoms with E-state index in [-0.39, 0.29) is 5.88 Å². The highest BCUT2D eigenvalue weighted by molar-refractivity contribution is 7.79. The first-order valence-corrected chi connectivity index (χ1v) is 8.64. The van der Waals surface area contributed by atoms with Crippen LogP contribution in [0.5, 0.6) is 5.88 Å². The van der Waals surface area contributed by atoms with Crippen molar-refractivity contribution in [2.75, 3.05) is 6.61 Å². The van der Waals surface area contributed by atoms with E-state index >= 15 is 0 Å². The molecular weight excluding hydrogens is 368 g/mol. The second-order valence-corrected chi connectivity index (χ2v) is 6.58. The minimum Gasteiger partial charge on any atom is -0.772 e. The van der Waals surface area contributed by atoms with E-state index in [0.717, 1.165) is 0 Å². The number of nitrogens with one attached hydrogen (secondary N) is 1. The Morgan fingerprint density at radius 1 is 1.38 bits per heavy atom. The maximum Gasteiger partial charge on any atom is 0.388 e. The minimum atomic E-state index is -3.03. The molecule has 0 fully saturated rings. The molecule has 2 aromatic heterocycles. The van der Waals surface area contributed by atoms with Crippen molar-refractivity contribution in [1.82, 2.24) is 15.2 Å². The molecule has 0 amide bonds. The molecule has 0 saturated heterocycles. The van der Waals surface area contributed by atoms with Gasteiger partial charge < -0.3 is 14.4 Å². The van der Waals surface area contributed by atoms with Gasteiger partial charge in [0.1, 0.15) is 0 Å². The molecule has 26 heavy (non-hydrogen) atoms. The number of pyridine rings is 1. The lowest BCUT2D eigenvalue weighted by Gasteiger charge is -2.20. The van der Waals surface area contributed by atoms with Gasteiger partial charge in [0.05, 0.1) is 28.5 Å². The molecule has 138 valence electrons. The molecule has 1 aromatic carbocycles. The van der Waals surface area contributed by atoms with Crippen LogP contribution in [-0.4, -0.2) is 42.3 Å². The van der Waals surface area contributed by atoms with Crippen molar-refractivity contribution in [2.24, 2.45) is 0 Å². The van der Waals surface area contributed by atoms with Gasteiger partial charge in [0.2, 0.25) is 5.88 Å². The molecule has 2 atom stereocenters. The third-order valence-electron chi connectivity index (χ3n) is 3.93. The molecule has 0 aliphatic heterocycles. The summed E-state index contributed by atoms with van der Waals surface area (Å²) in [5.74, 6) is -0.270. The van der Waals surface area contributed by atoms with Gasteiger partial charge in [-0.3, -0.25) is 14.3 Å². The van der Waals surface area contributed by atoms with Crippen molar-refractivity contribution in [3.63, 3.8) is 0 Å². The standard InChI is InChI=1S/C16H15F2N3O4S/c1-8-6-9(2-3-10(8)12(7-22)26(23)24)14-13-11(4-5-19-14)20-21-15(13)25-16(17)18/h2-6,12,16,22H,7H2,1H3,(H,20,21)(H,23,24)/p-1. The maximum absolute atomic E-state index is 12.6. The Morgan fingerprint density at radius 3 is 2.77 bits per heavy atom. The van der Waals surface area contributed by atoms with Crippen molar-refractivity contribution in [3.05, 3.63) is 41.6 Å². The van der Waals surface area contributed by atoms with E-state index in [2.05, 4.69) is 19.9 Å². The van der Waals surface area contributed by atoms with E-state index in [9.17, 15) is 22.6 Å². The van der Waals surface area contributed by atoms with Gasteiger partial charge in [0.25, 0.3) is 0 Å². The summed E-state index contributed by atoms with van der Waals surface area (Å²) >= 11 is -2.48. The average molecular weight is 382 g/mol. The van der Waals surface area contributed by atoms with Gasteiger partial charge in [-0.05, 0) is 41.3 Å². The Labute approximate surface area is 149 Å². The van der Waals surface area contributed by atoms with Gasteiger partial charge in [0, 0.05) is 11.8 Å². The number of aryl methyl sites for hydroxylation is 1. The number of hydrogen-bond acceptors (Lipinski definition) is 6. The number of aliphatic hydroxyl groups excluding tert-OH is 1. The van der Waals surface area contributed by atoms with Crippen LogP contribution in [-0.2, 0) is 11.1 Å². The predicted octanol–water partition coefficient (Wildman–Crippen LogP) is 2.45. The number of ether oxygens (including phenoxy) is 1. The normalized spacial score (nSPS) is 13.9.